The Balaban J connectivity index is 1.78. The van der Waals surface area contributed by atoms with Crippen molar-refractivity contribution >= 4 is 15.7 Å². The molecule has 1 fully saturated rings. The number of hydrogen-bond acceptors (Lipinski definition) is 5. The van der Waals surface area contributed by atoms with E-state index in [0.717, 1.165) is 5.56 Å². The van der Waals surface area contributed by atoms with Gasteiger partial charge in [-0.25, -0.2) is 13.1 Å². The lowest BCUT2D eigenvalue weighted by Crippen LogP contribution is -2.56. The van der Waals surface area contributed by atoms with Crippen LogP contribution in [-0.4, -0.2) is 25.9 Å². The first-order chi connectivity index (χ1) is 11.9. The van der Waals surface area contributed by atoms with Crippen molar-refractivity contribution in [3.63, 3.8) is 0 Å². The average Bonchev–Trinajstić information content (AvgIpc) is 2.58. The smallest absolute Gasteiger partial charge is 0.289 e. The molecule has 0 bridgehead atoms. The number of nitro benzene ring substituents is 1. The molecular formula is C17H19N3O4S. The van der Waals surface area contributed by atoms with Gasteiger partial charge in [0.2, 0.25) is 10.0 Å². The first-order valence-corrected chi connectivity index (χ1v) is 9.38. The average molecular weight is 361 g/mol. The third-order valence-electron chi connectivity index (χ3n) is 4.72. The van der Waals surface area contributed by atoms with Crippen molar-refractivity contribution in [2.75, 3.05) is 6.54 Å². The van der Waals surface area contributed by atoms with Crippen LogP contribution in [0.2, 0.25) is 0 Å². The molecule has 7 nitrogen and oxygen atoms in total. The number of rotatable bonds is 6. The normalized spacial score (nSPS) is 23.0. The van der Waals surface area contributed by atoms with E-state index in [9.17, 15) is 18.5 Å². The molecule has 25 heavy (non-hydrogen) atoms. The Labute approximate surface area is 146 Å². The summed E-state index contributed by atoms with van der Waals surface area (Å²) in [6.07, 6.45) is 1.13. The van der Waals surface area contributed by atoms with Gasteiger partial charge in [-0.1, -0.05) is 42.5 Å². The molecule has 0 atom stereocenters. The van der Waals surface area contributed by atoms with Crippen LogP contribution in [-0.2, 0) is 15.4 Å². The maximum Gasteiger partial charge on any atom is 0.289 e. The fourth-order valence-corrected chi connectivity index (χ4v) is 4.81. The molecule has 2 aromatic carbocycles. The topological polar surface area (TPSA) is 115 Å². The van der Waals surface area contributed by atoms with E-state index in [2.05, 4.69) is 4.72 Å². The first kappa shape index (κ1) is 17.5. The number of nitrogens with one attached hydrogen (secondary N) is 1. The summed E-state index contributed by atoms with van der Waals surface area (Å²) in [4.78, 5) is 10.1. The minimum atomic E-state index is -3.97. The molecule has 2 aromatic rings. The summed E-state index contributed by atoms with van der Waals surface area (Å²) in [6, 6.07) is 14.8. The second kappa shape index (κ2) is 6.55. The summed E-state index contributed by atoms with van der Waals surface area (Å²) in [7, 11) is -3.97. The third-order valence-corrected chi connectivity index (χ3v) is 6.29. The van der Waals surface area contributed by atoms with Crippen LogP contribution in [0.3, 0.4) is 0 Å². The zero-order valence-electron chi connectivity index (χ0n) is 13.5. The van der Waals surface area contributed by atoms with E-state index < -0.39 is 20.6 Å². The summed E-state index contributed by atoms with van der Waals surface area (Å²) in [5, 5.41) is 11.1. The van der Waals surface area contributed by atoms with E-state index in [1.807, 2.05) is 30.3 Å². The lowest BCUT2D eigenvalue weighted by molar-refractivity contribution is -0.387. The highest BCUT2D eigenvalue weighted by atomic mass is 32.2. The number of nitrogens with zero attached hydrogens (tertiary/aromatic N) is 1. The molecule has 3 N–H and O–H groups in total. The van der Waals surface area contributed by atoms with Crippen molar-refractivity contribution in [2.45, 2.75) is 29.2 Å². The van der Waals surface area contributed by atoms with Gasteiger partial charge in [-0.05, 0) is 24.5 Å². The number of sulfonamides is 1. The molecule has 0 heterocycles. The van der Waals surface area contributed by atoms with Crippen LogP contribution in [0, 0.1) is 10.1 Å². The van der Waals surface area contributed by atoms with Gasteiger partial charge in [0.15, 0.2) is 4.90 Å². The van der Waals surface area contributed by atoms with Gasteiger partial charge in [-0.2, -0.15) is 0 Å². The van der Waals surface area contributed by atoms with E-state index >= 15 is 0 Å². The Hall–Kier alpha value is -2.29. The van der Waals surface area contributed by atoms with Crippen molar-refractivity contribution in [3.8, 4) is 0 Å². The highest BCUT2D eigenvalue weighted by Gasteiger charge is 2.46. The monoisotopic (exact) mass is 361 g/mol. The van der Waals surface area contributed by atoms with Gasteiger partial charge in [0.25, 0.3) is 5.69 Å². The molecule has 0 spiro atoms. The van der Waals surface area contributed by atoms with E-state index in [1.165, 1.54) is 24.3 Å². The van der Waals surface area contributed by atoms with E-state index in [0.29, 0.717) is 19.4 Å². The molecule has 8 heteroatoms. The lowest BCUT2D eigenvalue weighted by Gasteiger charge is -2.47. The highest BCUT2D eigenvalue weighted by molar-refractivity contribution is 7.89. The Morgan fingerprint density at radius 2 is 1.72 bits per heavy atom. The molecule has 0 aliphatic heterocycles. The summed E-state index contributed by atoms with van der Waals surface area (Å²) in [6.45, 7) is 0.417. The van der Waals surface area contributed by atoms with Crippen LogP contribution in [0.4, 0.5) is 5.69 Å². The van der Waals surface area contributed by atoms with Crippen molar-refractivity contribution < 1.29 is 13.3 Å². The molecule has 0 saturated heterocycles. The third kappa shape index (κ3) is 3.28. The van der Waals surface area contributed by atoms with Crippen LogP contribution in [0.5, 0.6) is 0 Å². The maximum atomic E-state index is 12.5. The fourth-order valence-electron chi connectivity index (χ4n) is 3.40. The van der Waals surface area contributed by atoms with Crippen LogP contribution in [0.15, 0.2) is 59.5 Å². The number of nitrogens with two attached hydrogens (primary N) is 1. The van der Waals surface area contributed by atoms with E-state index in [-0.39, 0.29) is 16.4 Å². The van der Waals surface area contributed by atoms with Gasteiger partial charge in [0.05, 0.1) is 4.92 Å². The zero-order chi connectivity index (χ0) is 18.1. The van der Waals surface area contributed by atoms with Crippen LogP contribution >= 0.6 is 0 Å². The molecule has 1 aliphatic carbocycles. The predicted molar refractivity (Wildman–Crippen MR) is 93.6 cm³/mol. The number of nitro groups is 1. The molecule has 132 valence electrons. The molecule has 1 aliphatic rings. The van der Waals surface area contributed by atoms with E-state index in [1.54, 1.807) is 0 Å². The summed E-state index contributed by atoms with van der Waals surface area (Å²) < 4.78 is 27.7. The number of hydrogen-bond donors (Lipinski definition) is 2. The van der Waals surface area contributed by atoms with Gasteiger partial charge < -0.3 is 5.73 Å². The molecule has 3 rings (SSSR count). The van der Waals surface area contributed by atoms with Gasteiger partial charge >= 0.3 is 0 Å². The predicted octanol–water partition coefficient (Wildman–Crippen LogP) is 1.93. The zero-order valence-corrected chi connectivity index (χ0v) is 14.3. The van der Waals surface area contributed by atoms with Gasteiger partial charge in [0.1, 0.15) is 0 Å². The Morgan fingerprint density at radius 3 is 2.32 bits per heavy atom. The molecule has 0 aromatic heterocycles. The minimum Gasteiger partial charge on any atom is -0.330 e. The molecule has 1 saturated carbocycles. The molecule has 0 radical (unpaired) electrons. The first-order valence-electron chi connectivity index (χ1n) is 7.89. The quantitative estimate of drug-likeness (QED) is 0.602. The maximum absolute atomic E-state index is 12.5. The Morgan fingerprint density at radius 1 is 1.12 bits per heavy atom. The van der Waals surface area contributed by atoms with Crippen molar-refractivity contribution in [2.24, 2.45) is 5.73 Å². The number of para-hydroxylation sites is 1. The van der Waals surface area contributed by atoms with Crippen molar-refractivity contribution in [1.29, 1.82) is 0 Å². The summed E-state index contributed by atoms with van der Waals surface area (Å²) in [5.74, 6) is 0. The molecular weight excluding hydrogens is 342 g/mol. The van der Waals surface area contributed by atoms with Crippen molar-refractivity contribution in [1.82, 2.24) is 4.72 Å². The molecule has 0 amide bonds. The SMILES string of the molecule is NCC1(c2ccccc2)CC(NS(=O)(=O)c2ccccc2[N+](=O)[O-])C1. The lowest BCUT2D eigenvalue weighted by atomic mass is 9.62. The molecule has 0 unspecified atom stereocenters. The standard InChI is InChI=1S/C17H19N3O4S/c18-12-17(13-6-2-1-3-7-13)10-14(11-17)19-25(23,24)16-9-5-4-8-15(16)20(21)22/h1-9,14,19H,10-12,18H2. The highest BCUT2D eigenvalue weighted by Crippen LogP contribution is 2.43. The van der Waals surface area contributed by atoms with E-state index in [4.69, 9.17) is 5.73 Å². The van der Waals surface area contributed by atoms with Gasteiger partial charge in [-0.3, -0.25) is 10.1 Å². The van der Waals surface area contributed by atoms with Crippen LogP contribution in [0.25, 0.3) is 0 Å². The fraction of sp³-hybridized carbons (Fsp3) is 0.294. The largest absolute Gasteiger partial charge is 0.330 e. The summed E-state index contributed by atoms with van der Waals surface area (Å²) >= 11 is 0. The second-order valence-corrected chi connectivity index (χ2v) is 7.98. The second-order valence-electron chi connectivity index (χ2n) is 6.30. The van der Waals surface area contributed by atoms with Gasteiger partial charge in [0, 0.05) is 24.1 Å². The number of benzene rings is 2. The van der Waals surface area contributed by atoms with Crippen LogP contribution in [0.1, 0.15) is 18.4 Å². The Bertz CT molecular complexity index is 878. The minimum absolute atomic E-state index is 0.253. The van der Waals surface area contributed by atoms with Crippen LogP contribution < -0.4 is 10.5 Å². The Kier molecular flexibility index (Phi) is 4.59. The summed E-state index contributed by atoms with van der Waals surface area (Å²) in [5.41, 5.74) is 6.34. The van der Waals surface area contributed by atoms with Gasteiger partial charge in [-0.15, -0.1) is 0 Å². The van der Waals surface area contributed by atoms with Crippen molar-refractivity contribution in [3.05, 3.63) is 70.3 Å².